The molecule has 0 amide bonds. The number of hydrogen-bond donors (Lipinski definition) is 1. The SMILES string of the molecule is CCCCCNc1cccnc1-n1cccn1. The Bertz CT molecular complexity index is 436. The van der Waals surface area contributed by atoms with Crippen LogP contribution in [0.1, 0.15) is 26.2 Å². The molecule has 0 aliphatic carbocycles. The van der Waals surface area contributed by atoms with Gasteiger partial charge in [0.25, 0.3) is 0 Å². The first-order chi connectivity index (χ1) is 8.42. The normalized spacial score (nSPS) is 10.4. The quantitative estimate of drug-likeness (QED) is 0.776. The van der Waals surface area contributed by atoms with E-state index in [1.807, 2.05) is 24.4 Å². The van der Waals surface area contributed by atoms with Gasteiger partial charge in [-0.3, -0.25) is 0 Å². The van der Waals surface area contributed by atoms with Gasteiger partial charge in [0, 0.05) is 25.1 Å². The minimum atomic E-state index is 0.856. The first-order valence-electron chi connectivity index (χ1n) is 6.10. The van der Waals surface area contributed by atoms with E-state index in [2.05, 4.69) is 22.3 Å². The van der Waals surface area contributed by atoms with E-state index in [0.29, 0.717) is 0 Å². The highest BCUT2D eigenvalue weighted by Gasteiger charge is 2.04. The van der Waals surface area contributed by atoms with Crippen molar-refractivity contribution < 1.29 is 0 Å². The number of nitrogens with one attached hydrogen (secondary N) is 1. The van der Waals surface area contributed by atoms with Gasteiger partial charge in [-0.25, -0.2) is 9.67 Å². The van der Waals surface area contributed by atoms with Crippen LogP contribution in [0.2, 0.25) is 0 Å². The van der Waals surface area contributed by atoms with Crippen LogP contribution < -0.4 is 5.32 Å². The van der Waals surface area contributed by atoms with Crippen molar-refractivity contribution in [2.24, 2.45) is 0 Å². The molecule has 0 aliphatic rings. The molecule has 2 aromatic rings. The summed E-state index contributed by atoms with van der Waals surface area (Å²) in [5, 5.41) is 7.62. The monoisotopic (exact) mass is 230 g/mol. The Morgan fingerprint density at radius 1 is 1.24 bits per heavy atom. The van der Waals surface area contributed by atoms with Crippen LogP contribution in [0.5, 0.6) is 0 Å². The van der Waals surface area contributed by atoms with E-state index in [4.69, 9.17) is 0 Å². The molecule has 0 fully saturated rings. The maximum absolute atomic E-state index is 4.36. The number of pyridine rings is 1. The molecule has 0 bridgehead atoms. The fourth-order valence-electron chi connectivity index (χ4n) is 1.71. The van der Waals surface area contributed by atoms with Gasteiger partial charge in [0.15, 0.2) is 5.82 Å². The molecule has 0 saturated carbocycles. The second-order valence-corrected chi connectivity index (χ2v) is 3.96. The summed E-state index contributed by atoms with van der Waals surface area (Å²) < 4.78 is 1.78. The summed E-state index contributed by atoms with van der Waals surface area (Å²) in [6.45, 7) is 3.19. The Morgan fingerprint density at radius 2 is 2.18 bits per heavy atom. The van der Waals surface area contributed by atoms with Crippen molar-refractivity contribution in [1.82, 2.24) is 14.8 Å². The van der Waals surface area contributed by atoms with Crippen LogP contribution in [0.15, 0.2) is 36.8 Å². The number of aromatic nitrogens is 3. The van der Waals surface area contributed by atoms with Crippen molar-refractivity contribution >= 4 is 5.69 Å². The van der Waals surface area contributed by atoms with Gasteiger partial charge in [0.05, 0.1) is 5.69 Å². The summed E-state index contributed by atoms with van der Waals surface area (Å²) in [4.78, 5) is 4.36. The average molecular weight is 230 g/mol. The summed E-state index contributed by atoms with van der Waals surface area (Å²) in [7, 11) is 0. The summed E-state index contributed by atoms with van der Waals surface area (Å²) in [6, 6.07) is 5.88. The molecule has 4 heteroatoms. The Morgan fingerprint density at radius 3 is 2.94 bits per heavy atom. The molecule has 1 N–H and O–H groups in total. The van der Waals surface area contributed by atoms with Crippen molar-refractivity contribution in [3.05, 3.63) is 36.8 Å². The van der Waals surface area contributed by atoms with Gasteiger partial charge in [-0.15, -0.1) is 0 Å². The van der Waals surface area contributed by atoms with Crippen LogP contribution in [-0.4, -0.2) is 21.3 Å². The van der Waals surface area contributed by atoms with Crippen LogP contribution in [0, 0.1) is 0 Å². The van der Waals surface area contributed by atoms with Gasteiger partial charge in [0.2, 0.25) is 0 Å². The van der Waals surface area contributed by atoms with E-state index in [9.17, 15) is 0 Å². The van der Waals surface area contributed by atoms with E-state index in [1.54, 1.807) is 17.1 Å². The maximum atomic E-state index is 4.36. The molecule has 0 spiro atoms. The molecule has 0 aromatic carbocycles. The summed E-state index contributed by atoms with van der Waals surface area (Å²) in [6.07, 6.45) is 9.12. The second kappa shape index (κ2) is 6.03. The highest BCUT2D eigenvalue weighted by molar-refractivity contribution is 5.56. The second-order valence-electron chi connectivity index (χ2n) is 3.96. The zero-order chi connectivity index (χ0) is 11.9. The molecule has 4 nitrogen and oxygen atoms in total. The van der Waals surface area contributed by atoms with Gasteiger partial charge in [-0.05, 0) is 24.6 Å². The standard InChI is InChI=1S/C13H18N4/c1-2-3-4-8-14-12-7-5-9-15-13(12)17-11-6-10-16-17/h5-7,9-11,14H,2-4,8H2,1H3. The predicted molar refractivity (Wildman–Crippen MR) is 69.4 cm³/mol. The Hall–Kier alpha value is -1.84. The molecule has 0 aliphatic heterocycles. The molecule has 2 rings (SSSR count). The number of unbranched alkanes of at least 4 members (excludes halogenated alkanes) is 2. The number of rotatable bonds is 6. The first kappa shape index (κ1) is 11.6. The van der Waals surface area contributed by atoms with Gasteiger partial charge >= 0.3 is 0 Å². The lowest BCUT2D eigenvalue weighted by Crippen LogP contribution is -2.07. The molecule has 0 unspecified atom stereocenters. The van der Waals surface area contributed by atoms with E-state index >= 15 is 0 Å². The van der Waals surface area contributed by atoms with Gasteiger partial charge in [-0.1, -0.05) is 19.8 Å². The molecule has 0 saturated heterocycles. The van der Waals surface area contributed by atoms with Crippen molar-refractivity contribution in [1.29, 1.82) is 0 Å². The average Bonchev–Trinajstić information content (AvgIpc) is 2.89. The number of nitrogens with zero attached hydrogens (tertiary/aromatic N) is 3. The van der Waals surface area contributed by atoms with Gasteiger partial charge < -0.3 is 5.32 Å². The lowest BCUT2D eigenvalue weighted by molar-refractivity contribution is 0.742. The summed E-state index contributed by atoms with van der Waals surface area (Å²) >= 11 is 0. The molecule has 0 atom stereocenters. The van der Waals surface area contributed by atoms with Crippen LogP contribution in [-0.2, 0) is 0 Å². The zero-order valence-electron chi connectivity index (χ0n) is 10.1. The Labute approximate surface area is 102 Å². The van der Waals surface area contributed by atoms with Gasteiger partial charge in [0.1, 0.15) is 0 Å². The van der Waals surface area contributed by atoms with Crippen molar-refractivity contribution in [2.45, 2.75) is 26.2 Å². The van der Waals surface area contributed by atoms with Crippen molar-refractivity contribution in [2.75, 3.05) is 11.9 Å². The van der Waals surface area contributed by atoms with Gasteiger partial charge in [-0.2, -0.15) is 5.10 Å². The van der Waals surface area contributed by atoms with E-state index in [0.717, 1.165) is 18.1 Å². The predicted octanol–water partition coefficient (Wildman–Crippen LogP) is 2.87. The van der Waals surface area contributed by atoms with Crippen molar-refractivity contribution in [3.8, 4) is 5.82 Å². The molecular weight excluding hydrogens is 212 g/mol. The molecule has 2 heterocycles. The zero-order valence-corrected chi connectivity index (χ0v) is 10.1. The fourth-order valence-corrected chi connectivity index (χ4v) is 1.71. The number of anilines is 1. The smallest absolute Gasteiger partial charge is 0.176 e. The third-order valence-corrected chi connectivity index (χ3v) is 2.60. The third kappa shape index (κ3) is 3.06. The van der Waals surface area contributed by atoms with Crippen LogP contribution in [0.3, 0.4) is 0 Å². The van der Waals surface area contributed by atoms with Crippen LogP contribution in [0.25, 0.3) is 5.82 Å². The van der Waals surface area contributed by atoms with E-state index < -0.39 is 0 Å². The summed E-state index contributed by atoms with van der Waals surface area (Å²) in [5.74, 6) is 0.856. The largest absolute Gasteiger partial charge is 0.382 e. The van der Waals surface area contributed by atoms with Crippen LogP contribution in [0.4, 0.5) is 5.69 Å². The minimum Gasteiger partial charge on any atom is -0.382 e. The molecule has 90 valence electrons. The number of hydrogen-bond acceptors (Lipinski definition) is 3. The molecule has 2 aromatic heterocycles. The highest BCUT2D eigenvalue weighted by Crippen LogP contribution is 2.16. The van der Waals surface area contributed by atoms with E-state index in [-0.39, 0.29) is 0 Å². The summed E-state index contributed by atoms with van der Waals surface area (Å²) in [5.41, 5.74) is 1.03. The molecule has 17 heavy (non-hydrogen) atoms. The topological polar surface area (TPSA) is 42.7 Å². The Balaban J connectivity index is 2.06. The van der Waals surface area contributed by atoms with Crippen LogP contribution >= 0.6 is 0 Å². The Kier molecular flexibility index (Phi) is 4.13. The maximum Gasteiger partial charge on any atom is 0.176 e. The van der Waals surface area contributed by atoms with E-state index in [1.165, 1.54) is 19.3 Å². The highest BCUT2D eigenvalue weighted by atomic mass is 15.3. The van der Waals surface area contributed by atoms with Crippen molar-refractivity contribution in [3.63, 3.8) is 0 Å². The third-order valence-electron chi connectivity index (χ3n) is 2.60. The molecular formula is C13H18N4. The molecule has 0 radical (unpaired) electrons. The first-order valence-corrected chi connectivity index (χ1v) is 6.10. The lowest BCUT2D eigenvalue weighted by Gasteiger charge is -2.10. The minimum absolute atomic E-state index is 0.856. The lowest BCUT2D eigenvalue weighted by atomic mass is 10.2. The fraction of sp³-hybridized carbons (Fsp3) is 0.385.